The van der Waals surface area contributed by atoms with Gasteiger partial charge in [0.05, 0.1) is 16.8 Å². The monoisotopic (exact) mass is 505 g/mol. The van der Waals surface area contributed by atoms with E-state index in [-0.39, 0.29) is 28.8 Å². The number of piperazine rings is 1. The van der Waals surface area contributed by atoms with Crippen LogP contribution in [0.3, 0.4) is 0 Å². The van der Waals surface area contributed by atoms with Gasteiger partial charge in [-0.2, -0.15) is 4.31 Å². The lowest BCUT2D eigenvalue weighted by Crippen LogP contribution is -2.46. The Morgan fingerprint density at radius 2 is 1.74 bits per heavy atom. The van der Waals surface area contributed by atoms with Gasteiger partial charge in [-0.3, -0.25) is 4.79 Å². The number of anilines is 1. The highest BCUT2D eigenvalue weighted by atomic mass is 35.5. The summed E-state index contributed by atoms with van der Waals surface area (Å²) in [4.78, 5) is 23.4. The number of aromatic nitrogens is 3. The van der Waals surface area contributed by atoms with Crippen LogP contribution in [0.25, 0.3) is 11.3 Å². The summed E-state index contributed by atoms with van der Waals surface area (Å²) < 4.78 is 29.3. The predicted octanol–water partition coefficient (Wildman–Crippen LogP) is 1.32. The number of rotatable bonds is 7. The number of sulfonamides is 1. The maximum Gasteiger partial charge on any atom is 0.273 e. The molecule has 2 aromatic heterocycles. The van der Waals surface area contributed by atoms with Crippen LogP contribution in [-0.4, -0.2) is 77.8 Å². The molecule has 3 N–H and O–H groups in total. The molecule has 4 rings (SSSR count). The second-order valence-corrected chi connectivity index (χ2v) is 9.84. The summed E-state index contributed by atoms with van der Waals surface area (Å²) in [6.07, 6.45) is 5.29. The molecule has 1 amide bonds. The third-order valence-electron chi connectivity index (χ3n) is 5.59. The van der Waals surface area contributed by atoms with Crippen LogP contribution in [0.4, 0.5) is 5.82 Å². The SMILES string of the molecule is CN1CCN(S(=O)(=O)c2ccc(-c3cnc(N)c(C(=O)NCCn4cccc4)n3)cc2)CC1.Cl. The van der Waals surface area contributed by atoms with Gasteiger partial charge in [-0.05, 0) is 31.3 Å². The van der Waals surface area contributed by atoms with Crippen molar-refractivity contribution in [3.8, 4) is 11.3 Å². The van der Waals surface area contributed by atoms with Crippen molar-refractivity contribution in [3.05, 3.63) is 60.7 Å². The lowest BCUT2D eigenvalue weighted by atomic mass is 10.1. The molecule has 0 bridgehead atoms. The summed E-state index contributed by atoms with van der Waals surface area (Å²) in [7, 11) is -1.58. The Balaban J connectivity index is 0.00000324. The molecule has 1 saturated heterocycles. The second kappa shape index (κ2) is 11.0. The minimum atomic E-state index is -3.56. The van der Waals surface area contributed by atoms with Crippen molar-refractivity contribution in [1.82, 2.24) is 29.1 Å². The molecule has 0 saturated carbocycles. The number of hydrogen-bond acceptors (Lipinski definition) is 7. The van der Waals surface area contributed by atoms with E-state index in [1.165, 1.54) is 10.5 Å². The topological polar surface area (TPSA) is 126 Å². The van der Waals surface area contributed by atoms with Gasteiger partial charge < -0.3 is 20.5 Å². The van der Waals surface area contributed by atoms with Gasteiger partial charge in [0, 0.05) is 57.2 Å². The Labute approximate surface area is 205 Å². The minimum Gasteiger partial charge on any atom is -0.382 e. The van der Waals surface area contributed by atoms with E-state index in [2.05, 4.69) is 20.2 Å². The van der Waals surface area contributed by atoms with E-state index in [4.69, 9.17) is 5.73 Å². The molecule has 1 fully saturated rings. The fraction of sp³-hybridized carbons (Fsp3) is 0.318. The summed E-state index contributed by atoms with van der Waals surface area (Å²) in [6, 6.07) is 10.3. The van der Waals surface area contributed by atoms with Crippen molar-refractivity contribution in [2.45, 2.75) is 11.4 Å². The van der Waals surface area contributed by atoms with Crippen molar-refractivity contribution >= 4 is 34.2 Å². The Bertz CT molecular complexity index is 1210. The summed E-state index contributed by atoms with van der Waals surface area (Å²) in [5.41, 5.74) is 6.99. The highest BCUT2D eigenvalue weighted by molar-refractivity contribution is 7.89. The molecule has 1 aromatic carbocycles. The third kappa shape index (κ3) is 5.73. The lowest BCUT2D eigenvalue weighted by Gasteiger charge is -2.31. The predicted molar refractivity (Wildman–Crippen MR) is 132 cm³/mol. The largest absolute Gasteiger partial charge is 0.382 e. The molecule has 0 radical (unpaired) electrons. The first-order chi connectivity index (χ1) is 15.8. The third-order valence-corrected chi connectivity index (χ3v) is 7.50. The second-order valence-electron chi connectivity index (χ2n) is 7.90. The highest BCUT2D eigenvalue weighted by Crippen LogP contribution is 2.23. The maximum atomic E-state index is 12.9. The van der Waals surface area contributed by atoms with Gasteiger partial charge in [0.15, 0.2) is 11.5 Å². The van der Waals surface area contributed by atoms with Crippen LogP contribution < -0.4 is 11.1 Å². The standard InChI is InChI=1S/C22H27N7O3S.ClH/c1-27-12-14-29(15-13-27)33(31,32)18-6-4-17(5-7-18)19-16-25-21(23)20(26-19)22(30)24-8-11-28-9-2-3-10-28;/h2-7,9-10,16H,8,11-15H2,1H3,(H2,23,25)(H,24,30);1H. The fourth-order valence-corrected chi connectivity index (χ4v) is 5.00. The van der Waals surface area contributed by atoms with Crippen LogP contribution in [0.1, 0.15) is 10.5 Å². The van der Waals surface area contributed by atoms with Gasteiger partial charge in [-0.15, -0.1) is 12.4 Å². The molecule has 1 aliphatic heterocycles. The number of carbonyl (C=O) groups is 1. The zero-order chi connectivity index (χ0) is 23.4. The smallest absolute Gasteiger partial charge is 0.273 e. The summed E-state index contributed by atoms with van der Waals surface area (Å²) in [6.45, 7) is 3.37. The number of hydrogen-bond donors (Lipinski definition) is 2. The molecular formula is C22H28ClN7O3S. The number of amides is 1. The number of nitrogens with zero attached hydrogens (tertiary/aromatic N) is 5. The number of halogens is 1. The lowest BCUT2D eigenvalue weighted by molar-refractivity contribution is 0.0948. The van der Waals surface area contributed by atoms with E-state index in [1.807, 2.05) is 36.1 Å². The molecular weight excluding hydrogens is 478 g/mol. The maximum absolute atomic E-state index is 12.9. The van der Waals surface area contributed by atoms with Gasteiger partial charge in [-0.1, -0.05) is 12.1 Å². The highest BCUT2D eigenvalue weighted by Gasteiger charge is 2.27. The van der Waals surface area contributed by atoms with Crippen LogP contribution in [0.5, 0.6) is 0 Å². The molecule has 0 spiro atoms. The van der Waals surface area contributed by atoms with Gasteiger partial charge in [0.1, 0.15) is 0 Å². The number of carbonyl (C=O) groups excluding carboxylic acids is 1. The average Bonchev–Trinajstić information content (AvgIpc) is 3.33. The van der Waals surface area contributed by atoms with E-state index in [0.717, 1.165) is 0 Å². The quantitative estimate of drug-likeness (QED) is 0.495. The first kappa shape index (κ1) is 25.6. The van der Waals surface area contributed by atoms with E-state index < -0.39 is 15.9 Å². The summed E-state index contributed by atoms with van der Waals surface area (Å²) in [5.74, 6) is -0.380. The van der Waals surface area contributed by atoms with Crippen molar-refractivity contribution < 1.29 is 13.2 Å². The van der Waals surface area contributed by atoms with Crippen LogP contribution in [0.15, 0.2) is 59.9 Å². The number of likely N-dealkylation sites (N-methyl/N-ethyl adjacent to an activating group) is 1. The Morgan fingerprint density at radius 3 is 2.38 bits per heavy atom. The number of nitrogens with one attached hydrogen (secondary N) is 1. The molecule has 182 valence electrons. The molecule has 12 heteroatoms. The zero-order valence-electron chi connectivity index (χ0n) is 18.8. The summed E-state index contributed by atoms with van der Waals surface area (Å²) >= 11 is 0. The molecule has 0 aliphatic carbocycles. The van der Waals surface area contributed by atoms with Crippen LogP contribution in [-0.2, 0) is 16.6 Å². The molecule has 0 atom stereocenters. The first-order valence-electron chi connectivity index (χ1n) is 10.7. The van der Waals surface area contributed by atoms with Crippen LogP contribution in [0.2, 0.25) is 0 Å². The van der Waals surface area contributed by atoms with E-state index in [0.29, 0.717) is 50.5 Å². The van der Waals surface area contributed by atoms with E-state index in [9.17, 15) is 13.2 Å². The van der Waals surface area contributed by atoms with Gasteiger partial charge >= 0.3 is 0 Å². The van der Waals surface area contributed by atoms with Gasteiger partial charge in [-0.25, -0.2) is 18.4 Å². The zero-order valence-corrected chi connectivity index (χ0v) is 20.4. The van der Waals surface area contributed by atoms with E-state index >= 15 is 0 Å². The Kier molecular flexibility index (Phi) is 8.26. The summed E-state index contributed by atoms with van der Waals surface area (Å²) in [5, 5.41) is 2.79. The molecule has 10 nitrogen and oxygen atoms in total. The Hall–Kier alpha value is -2.99. The van der Waals surface area contributed by atoms with Crippen molar-refractivity contribution in [2.24, 2.45) is 0 Å². The minimum absolute atomic E-state index is 0. The first-order valence-corrected chi connectivity index (χ1v) is 12.1. The molecule has 3 heterocycles. The number of benzene rings is 1. The molecule has 34 heavy (non-hydrogen) atoms. The van der Waals surface area contributed by atoms with Crippen molar-refractivity contribution in [1.29, 1.82) is 0 Å². The number of nitrogen functional groups attached to an aromatic ring is 1. The van der Waals surface area contributed by atoms with Crippen LogP contribution >= 0.6 is 12.4 Å². The van der Waals surface area contributed by atoms with Gasteiger partial charge in [0.2, 0.25) is 10.0 Å². The number of nitrogens with two attached hydrogens (primary N) is 1. The van der Waals surface area contributed by atoms with Crippen molar-refractivity contribution in [3.63, 3.8) is 0 Å². The molecule has 3 aromatic rings. The molecule has 0 unspecified atom stereocenters. The van der Waals surface area contributed by atoms with Gasteiger partial charge in [0.25, 0.3) is 5.91 Å². The normalized spacial score (nSPS) is 15.0. The van der Waals surface area contributed by atoms with E-state index in [1.54, 1.807) is 24.3 Å². The van der Waals surface area contributed by atoms with Crippen LogP contribution in [0, 0.1) is 0 Å². The fourth-order valence-electron chi connectivity index (χ4n) is 3.58. The Morgan fingerprint density at radius 1 is 1.09 bits per heavy atom. The molecule has 1 aliphatic rings. The van der Waals surface area contributed by atoms with Crippen molar-refractivity contribution in [2.75, 3.05) is 45.5 Å². The average molecular weight is 506 g/mol.